The van der Waals surface area contributed by atoms with E-state index in [9.17, 15) is 5.26 Å². The number of nitrogens with zero attached hydrogens (tertiary/aromatic N) is 4. The first-order chi connectivity index (χ1) is 13.1. The lowest BCUT2D eigenvalue weighted by atomic mass is 9.97. The highest BCUT2D eigenvalue weighted by Gasteiger charge is 2.35. The third-order valence-electron chi connectivity index (χ3n) is 4.35. The van der Waals surface area contributed by atoms with E-state index in [1.54, 1.807) is 29.2 Å². The van der Waals surface area contributed by atoms with Gasteiger partial charge in [0.15, 0.2) is 5.17 Å². The van der Waals surface area contributed by atoms with Crippen molar-refractivity contribution in [2.24, 2.45) is 10.7 Å². The summed E-state index contributed by atoms with van der Waals surface area (Å²) in [5.41, 5.74) is 9.94. The molecular weight excluding hydrogens is 378 g/mol. The molecule has 2 aliphatic heterocycles. The summed E-state index contributed by atoms with van der Waals surface area (Å²) in [7, 11) is 0. The van der Waals surface area contributed by atoms with Gasteiger partial charge in [0.05, 0.1) is 22.9 Å². The van der Waals surface area contributed by atoms with Crippen molar-refractivity contribution >= 4 is 34.2 Å². The Bertz CT molecular complexity index is 1090. The van der Waals surface area contributed by atoms with Gasteiger partial charge in [0.1, 0.15) is 17.9 Å². The third-order valence-corrected chi connectivity index (χ3v) is 5.45. The normalized spacial score (nSPS) is 18.3. The lowest BCUT2D eigenvalue weighted by Crippen LogP contribution is -2.33. The Labute approximate surface area is 165 Å². The van der Waals surface area contributed by atoms with Crippen LogP contribution < -0.4 is 5.73 Å². The summed E-state index contributed by atoms with van der Waals surface area (Å²) in [5, 5.41) is 22.0. The lowest BCUT2D eigenvalue weighted by molar-refractivity contribution is 0.651. The maximum absolute atomic E-state index is 9.73. The number of rotatable bonds is 2. The fourth-order valence-electron chi connectivity index (χ4n) is 2.99. The largest absolute Gasteiger partial charge is 0.384 e. The van der Waals surface area contributed by atoms with Crippen LogP contribution in [-0.4, -0.2) is 10.1 Å². The Morgan fingerprint density at radius 2 is 1.74 bits per heavy atom. The number of aliphatic imine (C=N–C) groups is 1. The predicted molar refractivity (Wildman–Crippen MR) is 107 cm³/mol. The molecular formula is C20H12ClN5S. The molecule has 0 saturated heterocycles. The zero-order valence-electron chi connectivity index (χ0n) is 13.9. The van der Waals surface area contributed by atoms with E-state index in [0.29, 0.717) is 27.1 Å². The number of thioether (sulfide) groups is 1. The average Bonchev–Trinajstić information content (AvgIpc) is 3.13. The predicted octanol–water partition coefficient (Wildman–Crippen LogP) is 4.36. The maximum Gasteiger partial charge on any atom is 0.174 e. The topological polar surface area (TPSA) is 89.2 Å². The smallest absolute Gasteiger partial charge is 0.174 e. The van der Waals surface area contributed by atoms with Crippen molar-refractivity contribution in [1.29, 1.82) is 10.5 Å². The Hall–Kier alpha value is -3.19. The fraction of sp³-hybridized carbons (Fsp3) is 0.0500. The summed E-state index contributed by atoms with van der Waals surface area (Å²) in [6, 6.07) is 18.3. The molecule has 0 bridgehead atoms. The monoisotopic (exact) mass is 389 g/mol. The molecule has 1 unspecified atom stereocenters. The summed E-state index contributed by atoms with van der Waals surface area (Å²) in [4.78, 5) is 6.55. The van der Waals surface area contributed by atoms with Gasteiger partial charge >= 0.3 is 0 Å². The molecule has 0 amide bonds. The van der Waals surface area contributed by atoms with Crippen molar-refractivity contribution in [3.05, 3.63) is 87.0 Å². The van der Waals surface area contributed by atoms with E-state index >= 15 is 0 Å². The first-order valence-corrected chi connectivity index (χ1v) is 9.28. The van der Waals surface area contributed by atoms with Crippen LogP contribution in [0.3, 0.4) is 0 Å². The Morgan fingerprint density at radius 3 is 2.37 bits per heavy atom. The Kier molecular flexibility index (Phi) is 4.37. The van der Waals surface area contributed by atoms with Gasteiger partial charge in [-0.25, -0.2) is 4.99 Å². The standard InChI is InChI=1S/C20H12ClN5S/c21-15-7-5-13(6-8-15)17-11-27-20-25-18(16(10-23)19(24)26(17)20)14-3-1-12(9-22)2-4-14/h1-8,11,18H,24H2. The summed E-state index contributed by atoms with van der Waals surface area (Å²) < 4.78 is 0. The second-order valence-corrected chi connectivity index (χ2v) is 7.19. The first kappa shape index (κ1) is 17.2. The van der Waals surface area contributed by atoms with Crippen LogP contribution in [0.25, 0.3) is 5.70 Å². The molecule has 0 saturated carbocycles. The summed E-state index contributed by atoms with van der Waals surface area (Å²) in [5.74, 6) is 0.364. The molecule has 0 radical (unpaired) electrons. The van der Waals surface area contributed by atoms with Crippen molar-refractivity contribution in [2.45, 2.75) is 6.04 Å². The summed E-state index contributed by atoms with van der Waals surface area (Å²) in [6.45, 7) is 0. The van der Waals surface area contributed by atoms with Gasteiger partial charge in [-0.3, -0.25) is 4.90 Å². The van der Waals surface area contributed by atoms with Crippen molar-refractivity contribution in [2.75, 3.05) is 0 Å². The van der Waals surface area contributed by atoms with Gasteiger partial charge in [0.2, 0.25) is 0 Å². The van der Waals surface area contributed by atoms with E-state index in [1.807, 2.05) is 29.7 Å². The molecule has 2 N–H and O–H groups in total. The molecule has 130 valence electrons. The van der Waals surface area contributed by atoms with Crippen LogP contribution in [0.5, 0.6) is 0 Å². The van der Waals surface area contributed by atoms with Crippen molar-refractivity contribution in [1.82, 2.24) is 4.90 Å². The Balaban J connectivity index is 1.75. The number of benzene rings is 2. The Morgan fingerprint density at radius 1 is 1.04 bits per heavy atom. The highest BCUT2D eigenvalue weighted by atomic mass is 35.5. The van der Waals surface area contributed by atoms with Crippen LogP contribution in [0.2, 0.25) is 5.02 Å². The van der Waals surface area contributed by atoms with Crippen molar-refractivity contribution in [3.8, 4) is 12.1 Å². The van der Waals surface area contributed by atoms with Gasteiger partial charge in [0, 0.05) is 10.4 Å². The van der Waals surface area contributed by atoms with E-state index in [1.165, 1.54) is 11.8 Å². The molecule has 5 nitrogen and oxygen atoms in total. The van der Waals surface area contributed by atoms with E-state index in [0.717, 1.165) is 16.8 Å². The number of nitriles is 2. The zero-order chi connectivity index (χ0) is 19.0. The molecule has 2 aromatic carbocycles. The van der Waals surface area contributed by atoms with Gasteiger partial charge in [-0.15, -0.1) is 0 Å². The quantitative estimate of drug-likeness (QED) is 0.823. The van der Waals surface area contributed by atoms with E-state index in [4.69, 9.17) is 27.6 Å². The second kappa shape index (κ2) is 6.85. The van der Waals surface area contributed by atoms with Crippen molar-refractivity contribution < 1.29 is 0 Å². The van der Waals surface area contributed by atoms with Gasteiger partial charge in [-0.05, 0) is 35.4 Å². The molecule has 2 heterocycles. The molecule has 0 spiro atoms. The van der Waals surface area contributed by atoms with E-state index < -0.39 is 6.04 Å². The lowest BCUT2D eigenvalue weighted by Gasteiger charge is -2.30. The number of fused-ring (bicyclic) bond motifs is 1. The van der Waals surface area contributed by atoms with Gasteiger partial charge < -0.3 is 5.73 Å². The molecule has 2 aromatic rings. The molecule has 0 aromatic heterocycles. The van der Waals surface area contributed by atoms with E-state index in [2.05, 4.69) is 12.1 Å². The van der Waals surface area contributed by atoms with Crippen LogP contribution in [0, 0.1) is 22.7 Å². The van der Waals surface area contributed by atoms with Crippen LogP contribution in [0.15, 0.2) is 70.3 Å². The average molecular weight is 390 g/mol. The zero-order valence-corrected chi connectivity index (χ0v) is 15.5. The molecule has 27 heavy (non-hydrogen) atoms. The van der Waals surface area contributed by atoms with Crippen LogP contribution in [-0.2, 0) is 0 Å². The molecule has 0 aliphatic carbocycles. The highest BCUT2D eigenvalue weighted by Crippen LogP contribution is 2.42. The maximum atomic E-state index is 9.73. The van der Waals surface area contributed by atoms with Crippen LogP contribution >= 0.6 is 23.4 Å². The minimum atomic E-state index is -0.487. The highest BCUT2D eigenvalue weighted by molar-refractivity contribution is 8.16. The van der Waals surface area contributed by atoms with E-state index in [-0.39, 0.29) is 0 Å². The molecule has 7 heteroatoms. The minimum Gasteiger partial charge on any atom is -0.384 e. The van der Waals surface area contributed by atoms with Crippen LogP contribution in [0.1, 0.15) is 22.7 Å². The van der Waals surface area contributed by atoms with Gasteiger partial charge in [0.25, 0.3) is 0 Å². The second-order valence-electron chi connectivity index (χ2n) is 5.92. The number of hydrogen-bond donors (Lipinski definition) is 1. The fourth-order valence-corrected chi connectivity index (χ4v) is 4.04. The number of halogens is 1. The number of amidine groups is 1. The van der Waals surface area contributed by atoms with Gasteiger partial charge in [-0.2, -0.15) is 10.5 Å². The van der Waals surface area contributed by atoms with Crippen LogP contribution in [0.4, 0.5) is 0 Å². The SMILES string of the molecule is N#CC1=C(N)N2C(c3ccc(Cl)cc3)=CSC2=NC1c1ccc(C#N)cc1. The van der Waals surface area contributed by atoms with Crippen molar-refractivity contribution in [3.63, 3.8) is 0 Å². The third kappa shape index (κ3) is 2.96. The molecule has 0 fully saturated rings. The molecule has 1 atom stereocenters. The minimum absolute atomic E-state index is 0.364. The number of nitrogens with two attached hydrogens (primary N) is 1. The number of hydrogen-bond acceptors (Lipinski definition) is 6. The summed E-state index contributed by atoms with van der Waals surface area (Å²) in [6.07, 6.45) is 0. The molecule has 2 aliphatic rings. The molecule has 4 rings (SSSR count). The van der Waals surface area contributed by atoms with Gasteiger partial charge in [-0.1, -0.05) is 47.6 Å². The first-order valence-electron chi connectivity index (χ1n) is 8.03. The summed E-state index contributed by atoms with van der Waals surface area (Å²) >= 11 is 7.44.